The van der Waals surface area contributed by atoms with Gasteiger partial charge < -0.3 is 18.6 Å². The van der Waals surface area contributed by atoms with Crippen molar-refractivity contribution in [1.29, 1.82) is 0 Å². The lowest BCUT2D eigenvalue weighted by Crippen LogP contribution is -1.95. The van der Waals surface area contributed by atoms with Crippen LogP contribution in [0.1, 0.15) is 0 Å². The maximum Gasteiger partial charge on any atom is 0.248 e. The van der Waals surface area contributed by atoms with Crippen molar-refractivity contribution in [3.8, 4) is 40.2 Å². The maximum atomic E-state index is 5.96. The molecule has 6 heteroatoms. The van der Waals surface area contributed by atoms with Gasteiger partial charge in [-0.15, -0.1) is 10.2 Å². The van der Waals surface area contributed by atoms with Gasteiger partial charge >= 0.3 is 0 Å². The second kappa shape index (κ2) is 6.99. The minimum Gasteiger partial charge on any atom is -0.493 e. The Balaban J connectivity index is 1.81. The second-order valence-corrected chi connectivity index (χ2v) is 5.85. The molecule has 3 aromatic carbocycles. The zero-order valence-corrected chi connectivity index (χ0v) is 15.2. The molecule has 4 aromatic rings. The van der Waals surface area contributed by atoms with Crippen LogP contribution in [0.4, 0.5) is 0 Å². The van der Waals surface area contributed by atoms with Gasteiger partial charge in [0.15, 0.2) is 11.5 Å². The summed E-state index contributed by atoms with van der Waals surface area (Å²) in [6, 6.07) is 17.6. The van der Waals surface area contributed by atoms with E-state index in [0.29, 0.717) is 34.6 Å². The Morgan fingerprint density at radius 1 is 0.741 bits per heavy atom. The summed E-state index contributed by atoms with van der Waals surface area (Å²) in [7, 11) is 4.69. The van der Waals surface area contributed by atoms with E-state index in [1.54, 1.807) is 33.5 Å². The first-order valence-corrected chi connectivity index (χ1v) is 8.37. The summed E-state index contributed by atoms with van der Waals surface area (Å²) in [6.45, 7) is 0. The summed E-state index contributed by atoms with van der Waals surface area (Å²) in [5, 5.41) is 10.6. The number of ether oxygens (including phenoxy) is 3. The molecule has 0 aliphatic heterocycles. The lowest BCUT2D eigenvalue weighted by atomic mass is 10.0. The summed E-state index contributed by atoms with van der Waals surface area (Å²) >= 11 is 0. The molecule has 4 rings (SSSR count). The van der Waals surface area contributed by atoms with Crippen molar-refractivity contribution in [2.75, 3.05) is 21.3 Å². The van der Waals surface area contributed by atoms with Gasteiger partial charge in [-0.05, 0) is 29.0 Å². The molecule has 0 bridgehead atoms. The predicted octanol–water partition coefficient (Wildman–Crippen LogP) is 4.58. The van der Waals surface area contributed by atoms with E-state index >= 15 is 0 Å². The quantitative estimate of drug-likeness (QED) is 0.518. The molecule has 0 fully saturated rings. The molecular formula is C21H18N2O4. The molecule has 0 saturated carbocycles. The number of nitrogens with zero attached hydrogens (tertiary/aromatic N) is 2. The Kier molecular flexibility index (Phi) is 4.38. The van der Waals surface area contributed by atoms with Gasteiger partial charge in [-0.2, -0.15) is 0 Å². The Hall–Kier alpha value is -3.54. The minimum absolute atomic E-state index is 0.372. The Morgan fingerprint density at radius 3 is 2.11 bits per heavy atom. The molecule has 0 aliphatic carbocycles. The summed E-state index contributed by atoms with van der Waals surface area (Å²) < 4.78 is 22.1. The van der Waals surface area contributed by atoms with E-state index < -0.39 is 0 Å². The van der Waals surface area contributed by atoms with Crippen molar-refractivity contribution in [2.45, 2.75) is 0 Å². The van der Waals surface area contributed by atoms with Crippen LogP contribution in [0.15, 0.2) is 59.0 Å². The zero-order chi connectivity index (χ0) is 18.8. The van der Waals surface area contributed by atoms with Crippen molar-refractivity contribution in [3.05, 3.63) is 54.6 Å². The standard InChI is InChI=1S/C21H18N2O4/c1-24-17-11-14(12-18(25-2)19(17)26-3)20-22-23-21(27-20)16-10-6-8-13-7-4-5-9-15(13)16/h4-12H,1-3H3. The highest BCUT2D eigenvalue weighted by atomic mass is 16.5. The lowest BCUT2D eigenvalue weighted by Gasteiger charge is -2.12. The third-order valence-corrected chi connectivity index (χ3v) is 4.36. The van der Waals surface area contributed by atoms with Gasteiger partial charge in [0.2, 0.25) is 17.5 Å². The van der Waals surface area contributed by atoms with Gasteiger partial charge in [-0.25, -0.2) is 0 Å². The first kappa shape index (κ1) is 16.9. The molecule has 1 heterocycles. The van der Waals surface area contributed by atoms with Gasteiger partial charge in [-0.3, -0.25) is 0 Å². The first-order chi connectivity index (χ1) is 13.2. The van der Waals surface area contributed by atoms with Crippen LogP contribution in [0, 0.1) is 0 Å². The SMILES string of the molecule is COc1cc(-c2nnc(-c3cccc4ccccc34)o2)cc(OC)c1OC. The molecule has 27 heavy (non-hydrogen) atoms. The molecule has 136 valence electrons. The third-order valence-electron chi connectivity index (χ3n) is 4.36. The summed E-state index contributed by atoms with van der Waals surface area (Å²) in [5.41, 5.74) is 1.57. The van der Waals surface area contributed by atoms with E-state index in [-0.39, 0.29) is 0 Å². The van der Waals surface area contributed by atoms with Crippen molar-refractivity contribution >= 4 is 10.8 Å². The van der Waals surface area contributed by atoms with Crippen molar-refractivity contribution in [2.24, 2.45) is 0 Å². The smallest absolute Gasteiger partial charge is 0.248 e. The van der Waals surface area contributed by atoms with Crippen LogP contribution in [0.25, 0.3) is 33.7 Å². The number of aromatic nitrogens is 2. The first-order valence-electron chi connectivity index (χ1n) is 8.37. The zero-order valence-electron chi connectivity index (χ0n) is 15.2. The number of rotatable bonds is 5. The molecule has 0 radical (unpaired) electrons. The molecule has 0 unspecified atom stereocenters. The minimum atomic E-state index is 0.372. The van der Waals surface area contributed by atoms with E-state index in [0.717, 1.165) is 16.3 Å². The molecule has 0 amide bonds. The third kappa shape index (κ3) is 2.95. The summed E-state index contributed by atoms with van der Waals surface area (Å²) in [6.07, 6.45) is 0. The normalized spacial score (nSPS) is 10.8. The lowest BCUT2D eigenvalue weighted by molar-refractivity contribution is 0.324. The topological polar surface area (TPSA) is 66.6 Å². The van der Waals surface area contributed by atoms with Crippen LogP contribution in [0.5, 0.6) is 17.2 Å². The van der Waals surface area contributed by atoms with Gasteiger partial charge in [0.25, 0.3) is 0 Å². The van der Waals surface area contributed by atoms with Crippen LogP contribution in [0.2, 0.25) is 0 Å². The summed E-state index contributed by atoms with van der Waals surface area (Å²) in [5.74, 6) is 2.39. The number of hydrogen-bond donors (Lipinski definition) is 0. The predicted molar refractivity (Wildman–Crippen MR) is 102 cm³/mol. The molecule has 1 aromatic heterocycles. The molecule has 0 N–H and O–H groups in total. The molecule has 0 atom stereocenters. The van der Waals surface area contributed by atoms with E-state index in [4.69, 9.17) is 18.6 Å². The van der Waals surface area contributed by atoms with Gasteiger partial charge in [0, 0.05) is 11.1 Å². The highest BCUT2D eigenvalue weighted by molar-refractivity contribution is 5.94. The number of methoxy groups -OCH3 is 3. The Morgan fingerprint density at radius 2 is 1.41 bits per heavy atom. The van der Waals surface area contributed by atoms with E-state index in [1.807, 2.05) is 30.3 Å². The van der Waals surface area contributed by atoms with Gasteiger partial charge in [0.1, 0.15) is 0 Å². The van der Waals surface area contributed by atoms with Crippen LogP contribution in [-0.4, -0.2) is 31.5 Å². The van der Waals surface area contributed by atoms with Crippen LogP contribution >= 0.6 is 0 Å². The monoisotopic (exact) mass is 362 g/mol. The van der Waals surface area contributed by atoms with Gasteiger partial charge in [-0.1, -0.05) is 36.4 Å². The fourth-order valence-corrected chi connectivity index (χ4v) is 3.07. The van der Waals surface area contributed by atoms with Crippen LogP contribution in [0.3, 0.4) is 0 Å². The molecule has 0 spiro atoms. The largest absolute Gasteiger partial charge is 0.493 e. The molecule has 0 saturated heterocycles. The maximum absolute atomic E-state index is 5.96. The highest BCUT2D eigenvalue weighted by Crippen LogP contribution is 2.41. The fourth-order valence-electron chi connectivity index (χ4n) is 3.07. The molecule has 0 aliphatic rings. The van der Waals surface area contributed by atoms with Crippen molar-refractivity contribution in [3.63, 3.8) is 0 Å². The molecule has 6 nitrogen and oxygen atoms in total. The van der Waals surface area contributed by atoms with Gasteiger partial charge in [0.05, 0.1) is 21.3 Å². The summed E-state index contributed by atoms with van der Waals surface area (Å²) in [4.78, 5) is 0. The highest BCUT2D eigenvalue weighted by Gasteiger charge is 2.18. The average molecular weight is 362 g/mol. The fraction of sp³-hybridized carbons (Fsp3) is 0.143. The van der Waals surface area contributed by atoms with E-state index in [9.17, 15) is 0 Å². The van der Waals surface area contributed by atoms with Crippen molar-refractivity contribution < 1.29 is 18.6 Å². The Bertz CT molecular complexity index is 1070. The van der Waals surface area contributed by atoms with Crippen LogP contribution in [-0.2, 0) is 0 Å². The molecular weight excluding hydrogens is 344 g/mol. The van der Waals surface area contributed by atoms with Crippen molar-refractivity contribution in [1.82, 2.24) is 10.2 Å². The van der Waals surface area contributed by atoms with E-state index in [1.165, 1.54) is 0 Å². The number of fused-ring (bicyclic) bond motifs is 1. The Labute approximate surface area is 156 Å². The van der Waals surface area contributed by atoms with E-state index in [2.05, 4.69) is 22.3 Å². The average Bonchev–Trinajstić information content (AvgIpc) is 3.22. The number of hydrogen-bond acceptors (Lipinski definition) is 6. The van der Waals surface area contributed by atoms with Crippen LogP contribution < -0.4 is 14.2 Å². The second-order valence-electron chi connectivity index (χ2n) is 5.85. The number of benzene rings is 3.